The van der Waals surface area contributed by atoms with Gasteiger partial charge in [0.05, 0.1) is 23.0 Å². The van der Waals surface area contributed by atoms with Crippen LogP contribution in [0, 0.1) is 5.92 Å². The molecule has 0 bridgehead atoms. The maximum atomic E-state index is 11.9. The molecule has 1 aromatic rings. The summed E-state index contributed by atoms with van der Waals surface area (Å²) >= 11 is 0. The summed E-state index contributed by atoms with van der Waals surface area (Å²) in [7, 11) is -1.20. The minimum atomic E-state index is -4.27. The van der Waals surface area contributed by atoms with Crippen LogP contribution in [0.25, 0.3) is 0 Å². The van der Waals surface area contributed by atoms with Crippen molar-refractivity contribution in [3.8, 4) is 0 Å². The van der Waals surface area contributed by atoms with Gasteiger partial charge in [-0.25, -0.2) is 0 Å². The fourth-order valence-electron chi connectivity index (χ4n) is 2.41. The molecule has 0 saturated heterocycles. The van der Waals surface area contributed by atoms with Gasteiger partial charge in [-0.05, 0) is 52.0 Å². The summed E-state index contributed by atoms with van der Waals surface area (Å²) in [5.74, 6) is -0.906. The average Bonchev–Trinajstić information content (AvgIpc) is 2.64. The number of ketones is 2. The summed E-state index contributed by atoms with van der Waals surface area (Å²) in [5.41, 5.74) is 0.366. The van der Waals surface area contributed by atoms with E-state index >= 15 is 0 Å². The Morgan fingerprint density at radius 2 is 1.52 bits per heavy atom. The van der Waals surface area contributed by atoms with Crippen molar-refractivity contribution in [2.45, 2.75) is 57.6 Å². The molecule has 0 aliphatic carbocycles. The topological polar surface area (TPSA) is 136 Å². The molecule has 1 amide bonds. The van der Waals surface area contributed by atoms with Crippen molar-refractivity contribution >= 4 is 33.3 Å². The van der Waals surface area contributed by atoms with E-state index in [0.29, 0.717) is 12.1 Å². The second-order valence-electron chi connectivity index (χ2n) is 6.86. The molecule has 0 heterocycles. The number of Topliss-reactive ketones (excluding diaryl/α,β-unsaturated/α-hetero) is 2. The van der Waals surface area contributed by atoms with Crippen molar-refractivity contribution < 1.29 is 41.5 Å². The van der Waals surface area contributed by atoms with Gasteiger partial charge in [0.15, 0.2) is 0 Å². The minimum absolute atomic E-state index is 0. The van der Waals surface area contributed by atoms with Crippen LogP contribution in [0.4, 0.5) is 10.4 Å². The average molecular weight is 466 g/mol. The molecule has 0 aliphatic heterocycles. The van der Waals surface area contributed by atoms with Gasteiger partial charge in [0.25, 0.3) is 10.1 Å². The number of amides is 1. The van der Waals surface area contributed by atoms with E-state index in [1.165, 1.54) is 38.3 Å². The third-order valence-electron chi connectivity index (χ3n) is 4.28. The summed E-state index contributed by atoms with van der Waals surface area (Å²) in [5, 5.41) is 2.56. The van der Waals surface area contributed by atoms with Gasteiger partial charge < -0.3 is 14.8 Å². The lowest BCUT2D eigenvalue weighted by molar-refractivity contribution is -0.129. The fourth-order valence-corrected chi connectivity index (χ4v) is 2.89. The first-order valence-electron chi connectivity index (χ1n) is 9.24. The van der Waals surface area contributed by atoms with E-state index in [4.69, 9.17) is 14.0 Å². The number of ether oxygens (including phenoxy) is 2. The van der Waals surface area contributed by atoms with E-state index in [0.717, 1.165) is 0 Å². The molecule has 3 atom stereocenters. The normalized spacial score (nSPS) is 13.5. The van der Waals surface area contributed by atoms with Gasteiger partial charge >= 0.3 is 0 Å². The van der Waals surface area contributed by atoms with E-state index in [1.807, 2.05) is 6.92 Å². The van der Waals surface area contributed by atoms with E-state index in [2.05, 4.69) is 5.32 Å². The highest BCUT2D eigenvalue weighted by Crippen LogP contribution is 2.17. The summed E-state index contributed by atoms with van der Waals surface area (Å²) in [6.07, 6.45) is 0.179. The largest absolute Gasteiger partial charge is 0.381 e. The second-order valence-corrected chi connectivity index (χ2v) is 8.28. The molecule has 0 fully saturated rings. The van der Waals surface area contributed by atoms with Crippen molar-refractivity contribution in [2.75, 3.05) is 19.5 Å². The Morgan fingerprint density at radius 3 is 1.84 bits per heavy atom. The monoisotopic (exact) mass is 465 g/mol. The lowest BCUT2D eigenvalue weighted by atomic mass is 9.95. The highest BCUT2D eigenvalue weighted by atomic mass is 32.2. The van der Waals surface area contributed by atoms with Crippen LogP contribution in [0.5, 0.6) is 0 Å². The van der Waals surface area contributed by atoms with E-state index < -0.39 is 16.0 Å². The quantitative estimate of drug-likeness (QED) is 0.503. The van der Waals surface area contributed by atoms with Gasteiger partial charge in [0.1, 0.15) is 11.6 Å². The van der Waals surface area contributed by atoms with Crippen LogP contribution in [0.2, 0.25) is 0 Å². The smallest absolute Gasteiger partial charge is 0.294 e. The Bertz CT molecular complexity index is 811. The van der Waals surface area contributed by atoms with Crippen LogP contribution < -0.4 is 5.32 Å². The first kappa shape index (κ1) is 31.0. The highest BCUT2D eigenvalue weighted by molar-refractivity contribution is 7.85. The molecular weight excluding hydrogens is 433 g/mol. The Morgan fingerprint density at radius 1 is 1.00 bits per heavy atom. The first-order chi connectivity index (χ1) is 13.8. The standard InChI is InChI=1S/C14H19NO6S.C6H12O2.FH/c1-9(16)13(10(2)21-3)8-14(17)15-11-4-6-12(7-5-11)22(18,19)20;1-5(7)4-6(2)8-3;/h4-7,10,13H,8H2,1-3H3,(H,15,17)(H,18,19,20);6H,4H2,1-3H3;1H. The van der Waals surface area contributed by atoms with Crippen molar-refractivity contribution in [3.05, 3.63) is 24.3 Å². The van der Waals surface area contributed by atoms with E-state index in [9.17, 15) is 22.8 Å². The molecule has 0 aromatic heterocycles. The van der Waals surface area contributed by atoms with E-state index in [-0.39, 0.29) is 45.7 Å². The zero-order chi connectivity index (χ0) is 23.5. The van der Waals surface area contributed by atoms with Crippen molar-refractivity contribution in [1.82, 2.24) is 0 Å². The van der Waals surface area contributed by atoms with Crippen molar-refractivity contribution in [1.29, 1.82) is 0 Å². The van der Waals surface area contributed by atoms with Crippen molar-refractivity contribution in [2.24, 2.45) is 5.92 Å². The zero-order valence-corrected chi connectivity index (χ0v) is 19.4. The molecule has 1 aromatic carbocycles. The first-order valence-corrected chi connectivity index (χ1v) is 10.7. The number of rotatable bonds is 10. The van der Waals surface area contributed by atoms with Crippen LogP contribution >= 0.6 is 0 Å². The number of benzene rings is 1. The molecule has 3 unspecified atom stereocenters. The number of halogens is 1. The second kappa shape index (κ2) is 14.7. The molecule has 0 radical (unpaired) electrons. The Hall–Kier alpha value is -2.21. The Labute approximate surface area is 182 Å². The molecule has 0 spiro atoms. The van der Waals surface area contributed by atoms with Gasteiger partial charge in [-0.1, -0.05) is 0 Å². The molecule has 11 heteroatoms. The van der Waals surface area contributed by atoms with Crippen LogP contribution in [-0.4, -0.2) is 56.9 Å². The maximum Gasteiger partial charge on any atom is 0.294 e. The van der Waals surface area contributed by atoms with Crippen LogP contribution in [-0.2, 0) is 34.0 Å². The van der Waals surface area contributed by atoms with Crippen LogP contribution in [0.3, 0.4) is 0 Å². The lowest BCUT2D eigenvalue weighted by Crippen LogP contribution is -2.30. The fraction of sp³-hybridized carbons (Fsp3) is 0.550. The molecule has 1 rings (SSSR count). The number of carbonyl (C=O) groups is 3. The molecule has 178 valence electrons. The minimum Gasteiger partial charge on any atom is -0.381 e. The number of carbonyl (C=O) groups excluding carboxylic acids is 3. The zero-order valence-electron chi connectivity index (χ0n) is 18.6. The molecular formula is C20H32FNO8S. The Kier molecular flexibility index (Phi) is 14.7. The van der Waals surface area contributed by atoms with Gasteiger partial charge in [-0.3, -0.25) is 23.6 Å². The predicted octanol–water partition coefficient (Wildman–Crippen LogP) is 2.65. The number of nitrogens with one attached hydrogen (secondary N) is 1. The SMILES string of the molecule is COC(C)C(CC(=O)Nc1ccc(S(=O)(=O)O)cc1)C(C)=O.COC(C)CC(C)=O.F. The van der Waals surface area contributed by atoms with Gasteiger partial charge in [0, 0.05) is 32.7 Å². The summed E-state index contributed by atoms with van der Waals surface area (Å²) in [6.45, 7) is 6.55. The number of hydrogen-bond donors (Lipinski definition) is 2. The summed E-state index contributed by atoms with van der Waals surface area (Å²) < 4.78 is 40.6. The summed E-state index contributed by atoms with van der Waals surface area (Å²) in [4.78, 5) is 33.5. The third kappa shape index (κ3) is 12.9. The third-order valence-corrected chi connectivity index (χ3v) is 5.15. The summed E-state index contributed by atoms with van der Waals surface area (Å²) in [6, 6.07) is 5.05. The predicted molar refractivity (Wildman–Crippen MR) is 114 cm³/mol. The molecule has 2 N–H and O–H groups in total. The number of methoxy groups -OCH3 is 2. The molecule has 0 saturated carbocycles. The number of anilines is 1. The Balaban J connectivity index is 0. The lowest BCUT2D eigenvalue weighted by Gasteiger charge is -2.19. The van der Waals surface area contributed by atoms with E-state index in [1.54, 1.807) is 21.0 Å². The van der Waals surface area contributed by atoms with Gasteiger partial charge in [-0.2, -0.15) is 8.42 Å². The van der Waals surface area contributed by atoms with Crippen LogP contribution in [0.15, 0.2) is 29.2 Å². The highest BCUT2D eigenvalue weighted by Gasteiger charge is 2.24. The van der Waals surface area contributed by atoms with Gasteiger partial charge in [0.2, 0.25) is 5.91 Å². The molecule has 0 aliphatic rings. The number of hydrogen-bond acceptors (Lipinski definition) is 7. The maximum absolute atomic E-state index is 11.9. The molecule has 9 nitrogen and oxygen atoms in total. The van der Waals surface area contributed by atoms with Crippen molar-refractivity contribution in [3.63, 3.8) is 0 Å². The van der Waals surface area contributed by atoms with Gasteiger partial charge in [-0.15, -0.1) is 0 Å². The van der Waals surface area contributed by atoms with Crippen LogP contribution in [0.1, 0.15) is 40.5 Å². The molecule has 31 heavy (non-hydrogen) atoms.